The van der Waals surface area contributed by atoms with Crippen LogP contribution in [0.4, 0.5) is 10.6 Å². The molecule has 344 valence electrons. The maximum absolute atomic E-state index is 13.8. The lowest BCUT2D eigenvalue weighted by atomic mass is 9.98. The first-order chi connectivity index (χ1) is 29.9. The second-order valence-corrected chi connectivity index (χ2v) is 17.4. The Morgan fingerprint density at radius 1 is 0.921 bits per heavy atom. The van der Waals surface area contributed by atoms with Crippen molar-refractivity contribution >= 4 is 37.6 Å². The molecule has 3 aromatic rings. The number of hydrogen-bond donors (Lipinski definition) is 8. The maximum Gasteiger partial charge on any atom is 0.493 e. The quantitative estimate of drug-likeness (QED) is 0.0190. The fraction of sp³-hybridized carbons (Fsp3) is 0.512. The van der Waals surface area contributed by atoms with Gasteiger partial charge in [-0.2, -0.15) is 9.61 Å². The van der Waals surface area contributed by atoms with Crippen molar-refractivity contribution < 1.29 is 57.4 Å². The van der Waals surface area contributed by atoms with Gasteiger partial charge in [-0.3, -0.25) is 18.9 Å². The molecule has 1 aliphatic carbocycles. The highest BCUT2D eigenvalue weighted by Crippen LogP contribution is 2.45. The van der Waals surface area contributed by atoms with Gasteiger partial charge in [0.2, 0.25) is 11.9 Å². The molecule has 1 aromatic heterocycles. The number of ether oxygens (including phenoxy) is 3. The molecule has 2 heterocycles. The van der Waals surface area contributed by atoms with Gasteiger partial charge >= 0.3 is 25.6 Å². The van der Waals surface area contributed by atoms with Crippen LogP contribution in [0.5, 0.6) is 0 Å². The van der Waals surface area contributed by atoms with Crippen LogP contribution in [0.15, 0.2) is 70.6 Å². The van der Waals surface area contributed by atoms with Gasteiger partial charge in [0.05, 0.1) is 13.2 Å². The fourth-order valence-corrected chi connectivity index (χ4v) is 7.64. The van der Waals surface area contributed by atoms with E-state index in [9.17, 15) is 38.8 Å². The van der Waals surface area contributed by atoms with Crippen LogP contribution in [0.3, 0.4) is 0 Å². The van der Waals surface area contributed by atoms with E-state index in [0.717, 1.165) is 26.8 Å². The van der Waals surface area contributed by atoms with Crippen LogP contribution in [-0.4, -0.2) is 105 Å². The highest BCUT2D eigenvalue weighted by Gasteiger charge is 2.45. The molecular formula is C41H57N8O13P. The molecule has 0 bridgehead atoms. The van der Waals surface area contributed by atoms with Crippen molar-refractivity contribution in [1.82, 2.24) is 25.7 Å². The van der Waals surface area contributed by atoms with E-state index < -0.39 is 80.7 Å². The van der Waals surface area contributed by atoms with Gasteiger partial charge in [0.15, 0.2) is 6.23 Å². The number of benzene rings is 2. The summed E-state index contributed by atoms with van der Waals surface area (Å²) in [5.74, 6) is -1.69. The molecular weight excluding hydrogens is 843 g/mol. The lowest BCUT2D eigenvalue weighted by Gasteiger charge is -2.24. The summed E-state index contributed by atoms with van der Waals surface area (Å²) in [5.41, 5.74) is 16.6. The van der Waals surface area contributed by atoms with Crippen LogP contribution in [-0.2, 0) is 37.5 Å². The number of amides is 2. The maximum atomic E-state index is 13.8. The van der Waals surface area contributed by atoms with Crippen LogP contribution in [0, 0.1) is 11.8 Å². The Labute approximate surface area is 364 Å². The molecule has 0 saturated carbocycles. The summed E-state index contributed by atoms with van der Waals surface area (Å²) < 4.78 is 39.7. The number of nitrogens with two attached hydrogens (primary N) is 2. The minimum Gasteiger partial charge on any atom is -0.464 e. The molecule has 0 radical (unpaired) electrons. The minimum atomic E-state index is -4.93. The number of carbonyl (C=O) groups is 3. The number of aliphatic imine (C=N–C) groups is 1. The van der Waals surface area contributed by atoms with Crippen LogP contribution in [0.2, 0.25) is 0 Å². The molecule has 0 spiro atoms. The molecule has 2 aromatic carbocycles. The normalized spacial score (nSPS) is 20.4. The van der Waals surface area contributed by atoms with Gasteiger partial charge < -0.3 is 51.4 Å². The Hall–Kier alpha value is -5.41. The molecule has 2 aliphatic rings. The van der Waals surface area contributed by atoms with Crippen molar-refractivity contribution in [2.24, 2.45) is 22.6 Å². The first-order valence-electron chi connectivity index (χ1n) is 20.6. The summed E-state index contributed by atoms with van der Waals surface area (Å²) in [6.07, 6.45) is -4.61. The molecule has 22 heteroatoms. The summed E-state index contributed by atoms with van der Waals surface area (Å²) >= 11 is 0. The number of aliphatic hydroxyl groups excluding tert-OH is 2. The molecule has 21 nitrogen and oxygen atoms in total. The second kappa shape index (κ2) is 22.3. The van der Waals surface area contributed by atoms with Gasteiger partial charge in [0.1, 0.15) is 42.8 Å². The van der Waals surface area contributed by atoms with Gasteiger partial charge in [-0.05, 0) is 65.8 Å². The number of esters is 1. The van der Waals surface area contributed by atoms with Gasteiger partial charge in [0, 0.05) is 18.7 Å². The number of phosphoric ester groups is 1. The number of anilines is 1. The van der Waals surface area contributed by atoms with Gasteiger partial charge in [-0.25, -0.2) is 24.4 Å². The summed E-state index contributed by atoms with van der Waals surface area (Å²) in [7, 11) is -4.93. The lowest BCUT2D eigenvalue weighted by molar-refractivity contribution is -0.148. The molecule has 5 rings (SSSR count). The number of guanidine groups is 1. The standard InChI is InChI=1S/C41H57N8O13P/c1-23(2)16-19-58-38(53)31(20-24(3)4)45-36(52)30(46-41(55)59-21-29-27-12-7-5-10-25(27)26-11-6-8-13-28(26)29)14-9-17-44-39(43)48-62-63(56,57)60-22-32-34(50)35(51)37(61-32)49-18-15-33(42)47-40(49)54/h5-8,10-13,15,18,23-24,29-32,34-35,37,50-51H,9,14,16-17,19-22H2,1-4H3,(H,45,52)(H,46,55)(H,56,57)(H2,42,47,54)(H3,43,44,48)/t30?,31?,32-,34-,35-,37-/m1/s1. The molecule has 63 heavy (non-hydrogen) atoms. The number of nitrogens with zero attached hydrogens (tertiary/aromatic N) is 3. The number of phosphoric acid groups is 1. The van der Waals surface area contributed by atoms with Gasteiger partial charge in [0.25, 0.3) is 0 Å². The molecule has 1 aliphatic heterocycles. The Bertz CT molecular complexity index is 2140. The lowest BCUT2D eigenvalue weighted by Crippen LogP contribution is -2.52. The molecule has 2 amide bonds. The monoisotopic (exact) mass is 900 g/mol. The Morgan fingerprint density at radius 2 is 1.59 bits per heavy atom. The predicted molar refractivity (Wildman–Crippen MR) is 228 cm³/mol. The Morgan fingerprint density at radius 3 is 2.22 bits per heavy atom. The molecule has 1 saturated heterocycles. The second-order valence-electron chi connectivity index (χ2n) is 16.0. The van der Waals surface area contributed by atoms with E-state index in [1.165, 1.54) is 12.3 Å². The smallest absolute Gasteiger partial charge is 0.464 e. The highest BCUT2D eigenvalue weighted by atomic mass is 31.2. The van der Waals surface area contributed by atoms with Crippen molar-refractivity contribution in [3.05, 3.63) is 82.4 Å². The molecule has 7 atom stereocenters. The van der Waals surface area contributed by atoms with E-state index in [1.807, 2.05) is 81.7 Å². The summed E-state index contributed by atoms with van der Waals surface area (Å²) in [4.78, 5) is 70.2. The topological polar surface area (TPSA) is 310 Å². The zero-order valence-electron chi connectivity index (χ0n) is 35.5. The number of aromatic nitrogens is 2. The number of fused-ring (bicyclic) bond motifs is 3. The zero-order chi connectivity index (χ0) is 45.8. The van der Waals surface area contributed by atoms with E-state index >= 15 is 0 Å². The van der Waals surface area contributed by atoms with Crippen LogP contribution in [0.25, 0.3) is 11.1 Å². The number of nitrogens with one attached hydrogen (secondary N) is 3. The molecule has 1 fully saturated rings. The number of hydroxylamine groups is 1. The van der Waals surface area contributed by atoms with E-state index in [1.54, 1.807) is 0 Å². The van der Waals surface area contributed by atoms with Crippen molar-refractivity contribution in [2.45, 2.75) is 95.9 Å². The fourth-order valence-electron chi connectivity index (χ4n) is 7.05. The third kappa shape index (κ3) is 13.5. The number of aliphatic hydroxyl groups is 2. The van der Waals surface area contributed by atoms with E-state index in [2.05, 4.69) is 20.6 Å². The third-order valence-corrected chi connectivity index (χ3v) is 11.1. The van der Waals surface area contributed by atoms with Crippen molar-refractivity contribution in [3.63, 3.8) is 0 Å². The van der Waals surface area contributed by atoms with Gasteiger partial charge in [-0.15, -0.1) is 0 Å². The molecule has 3 unspecified atom stereocenters. The average Bonchev–Trinajstić information content (AvgIpc) is 3.71. The zero-order valence-corrected chi connectivity index (χ0v) is 36.4. The first kappa shape index (κ1) is 48.6. The largest absolute Gasteiger partial charge is 0.493 e. The Kier molecular flexibility index (Phi) is 17.2. The summed E-state index contributed by atoms with van der Waals surface area (Å²) in [5, 5.41) is 26.2. The minimum absolute atomic E-state index is 0.00117. The van der Waals surface area contributed by atoms with Crippen LogP contribution in [0.1, 0.15) is 76.7 Å². The van der Waals surface area contributed by atoms with Crippen molar-refractivity contribution in [2.75, 3.05) is 32.1 Å². The van der Waals surface area contributed by atoms with Crippen LogP contribution < -0.4 is 33.3 Å². The average molecular weight is 901 g/mol. The van der Waals surface area contributed by atoms with Crippen LogP contribution >= 0.6 is 7.82 Å². The van der Waals surface area contributed by atoms with Gasteiger partial charge in [-0.1, -0.05) is 76.2 Å². The van der Waals surface area contributed by atoms with Crippen molar-refractivity contribution in [1.29, 1.82) is 0 Å². The summed E-state index contributed by atoms with van der Waals surface area (Å²) in [6, 6.07) is 14.8. The van der Waals surface area contributed by atoms with E-state index in [4.69, 9.17) is 34.8 Å². The third-order valence-electron chi connectivity index (χ3n) is 10.3. The number of hydrogen-bond acceptors (Lipinski definition) is 15. The van der Waals surface area contributed by atoms with E-state index in [-0.39, 0.29) is 56.7 Å². The SMILES string of the molecule is CC(C)CCOC(=O)C(CC(C)C)NC(=O)C(CCCN=C(N)NOP(=O)(O)OC[C@H]1O[C@@H](n2ccc(N)nc2=O)[C@H](O)[C@@H]1O)NC(=O)OCC1c2ccccc2-c2ccccc21. The highest BCUT2D eigenvalue weighted by molar-refractivity contribution is 7.47. The van der Waals surface area contributed by atoms with Crippen molar-refractivity contribution in [3.8, 4) is 11.1 Å². The number of alkyl carbamates (subject to hydrolysis) is 1. The Balaban J connectivity index is 1.16. The molecule has 10 N–H and O–H groups in total. The first-order valence-corrected chi connectivity index (χ1v) is 22.1. The predicted octanol–water partition coefficient (Wildman–Crippen LogP) is 2.21. The number of rotatable bonds is 21. The number of carbonyl (C=O) groups excluding carboxylic acids is 3. The van der Waals surface area contributed by atoms with E-state index in [0.29, 0.717) is 12.3 Å². The number of nitrogen functional groups attached to an aromatic ring is 1. The summed E-state index contributed by atoms with van der Waals surface area (Å²) in [6.45, 7) is 7.15.